The maximum atomic E-state index is 13.7. The summed E-state index contributed by atoms with van der Waals surface area (Å²) in [5, 5.41) is 7.22. The fourth-order valence-electron chi connectivity index (χ4n) is 4.63. The number of nitrogens with one attached hydrogen (secondary N) is 2. The van der Waals surface area contributed by atoms with Gasteiger partial charge in [-0.1, -0.05) is 30.3 Å². The maximum Gasteiger partial charge on any atom is 0.243 e. The van der Waals surface area contributed by atoms with Gasteiger partial charge in [-0.3, -0.25) is 4.68 Å². The van der Waals surface area contributed by atoms with Gasteiger partial charge in [0.05, 0.1) is 6.20 Å². The van der Waals surface area contributed by atoms with Gasteiger partial charge in [0, 0.05) is 19.8 Å². The summed E-state index contributed by atoms with van der Waals surface area (Å²) in [5.74, 6) is 0.532. The number of benzene rings is 2. The van der Waals surface area contributed by atoms with E-state index in [-0.39, 0.29) is 10.7 Å². The Bertz CT molecular complexity index is 1190. The van der Waals surface area contributed by atoms with Gasteiger partial charge in [0.25, 0.3) is 0 Å². The second-order valence-electron chi connectivity index (χ2n) is 8.49. The lowest BCUT2D eigenvalue weighted by molar-refractivity contribution is 0.435. The van der Waals surface area contributed by atoms with Crippen molar-refractivity contribution in [3.8, 4) is 0 Å². The minimum Gasteiger partial charge on any atom is -0.319 e. The molecule has 3 aromatic rings. The molecule has 0 radical (unpaired) electrons. The first-order valence-electron chi connectivity index (χ1n) is 10.8. The van der Waals surface area contributed by atoms with E-state index in [0.29, 0.717) is 24.8 Å². The molecule has 2 atom stereocenters. The van der Waals surface area contributed by atoms with E-state index >= 15 is 0 Å². The first-order valence-corrected chi connectivity index (χ1v) is 12.3. The van der Waals surface area contributed by atoms with E-state index in [4.69, 9.17) is 0 Å². The predicted octanol–water partition coefficient (Wildman–Crippen LogP) is 2.80. The van der Waals surface area contributed by atoms with Gasteiger partial charge in [0.15, 0.2) is 0 Å². The van der Waals surface area contributed by atoms with Crippen LogP contribution in [0.4, 0.5) is 4.39 Å². The SMILES string of the molecule is CNCC1Cc2ccc(CCNS(=O)(=O)c3cnn(C)c3)cc2C1Cc1cccc(F)c1. The fraction of sp³-hybridized carbons (Fsp3) is 0.375. The second-order valence-corrected chi connectivity index (χ2v) is 10.3. The molecule has 4 rings (SSSR count). The van der Waals surface area contributed by atoms with Crippen LogP contribution in [0.1, 0.15) is 28.2 Å². The van der Waals surface area contributed by atoms with Crippen molar-refractivity contribution < 1.29 is 12.8 Å². The van der Waals surface area contributed by atoms with Gasteiger partial charge in [0.2, 0.25) is 10.0 Å². The van der Waals surface area contributed by atoms with E-state index in [1.807, 2.05) is 13.1 Å². The zero-order valence-electron chi connectivity index (χ0n) is 18.4. The Labute approximate surface area is 188 Å². The van der Waals surface area contributed by atoms with Crippen molar-refractivity contribution in [1.82, 2.24) is 19.8 Å². The van der Waals surface area contributed by atoms with Gasteiger partial charge in [-0.15, -0.1) is 0 Å². The molecule has 1 aliphatic carbocycles. The van der Waals surface area contributed by atoms with Crippen molar-refractivity contribution in [3.05, 3.63) is 82.9 Å². The lowest BCUT2D eigenvalue weighted by Crippen LogP contribution is -2.25. The maximum absolute atomic E-state index is 13.7. The minimum absolute atomic E-state index is 0.166. The van der Waals surface area contributed by atoms with Crippen LogP contribution in [0, 0.1) is 11.7 Å². The molecule has 1 aliphatic rings. The van der Waals surface area contributed by atoms with Crippen LogP contribution in [0.15, 0.2) is 59.8 Å². The van der Waals surface area contributed by atoms with Gasteiger partial charge in [0.1, 0.15) is 10.7 Å². The molecule has 2 N–H and O–H groups in total. The molecule has 0 bridgehead atoms. The smallest absolute Gasteiger partial charge is 0.243 e. The van der Waals surface area contributed by atoms with Crippen molar-refractivity contribution in [1.29, 1.82) is 0 Å². The zero-order valence-corrected chi connectivity index (χ0v) is 19.2. The molecule has 0 amide bonds. The third-order valence-corrected chi connectivity index (χ3v) is 7.58. The van der Waals surface area contributed by atoms with E-state index in [0.717, 1.165) is 30.5 Å². The summed E-state index contributed by atoms with van der Waals surface area (Å²) in [7, 11) is 0.0761. The summed E-state index contributed by atoms with van der Waals surface area (Å²) in [4.78, 5) is 0.166. The molecule has 0 saturated heterocycles. The van der Waals surface area contributed by atoms with E-state index in [2.05, 4.69) is 33.3 Å². The topological polar surface area (TPSA) is 76.0 Å². The van der Waals surface area contributed by atoms with Crippen LogP contribution < -0.4 is 10.0 Å². The molecule has 6 nitrogen and oxygen atoms in total. The quantitative estimate of drug-likeness (QED) is 0.519. The molecule has 32 heavy (non-hydrogen) atoms. The van der Waals surface area contributed by atoms with E-state index in [9.17, 15) is 12.8 Å². The van der Waals surface area contributed by atoms with Crippen LogP contribution in [-0.2, 0) is 36.3 Å². The molecule has 170 valence electrons. The summed E-state index contributed by atoms with van der Waals surface area (Å²) in [6.45, 7) is 1.21. The Morgan fingerprint density at radius 3 is 2.75 bits per heavy atom. The summed E-state index contributed by atoms with van der Waals surface area (Å²) in [6.07, 6.45) is 5.20. The van der Waals surface area contributed by atoms with E-state index < -0.39 is 10.0 Å². The van der Waals surface area contributed by atoms with Gasteiger partial charge in [-0.05, 0) is 79.1 Å². The lowest BCUT2D eigenvalue weighted by atomic mass is 9.86. The Kier molecular flexibility index (Phi) is 6.74. The molecule has 8 heteroatoms. The predicted molar refractivity (Wildman–Crippen MR) is 123 cm³/mol. The van der Waals surface area contributed by atoms with E-state index in [1.165, 1.54) is 34.3 Å². The first-order chi connectivity index (χ1) is 15.4. The number of nitrogens with zero attached hydrogens (tertiary/aromatic N) is 2. The molecule has 0 fully saturated rings. The fourth-order valence-corrected chi connectivity index (χ4v) is 5.65. The number of rotatable bonds is 9. The Morgan fingerprint density at radius 2 is 2.03 bits per heavy atom. The summed E-state index contributed by atoms with van der Waals surface area (Å²) < 4.78 is 42.7. The summed E-state index contributed by atoms with van der Waals surface area (Å²) in [6, 6.07) is 13.3. The number of hydrogen-bond donors (Lipinski definition) is 2. The molecule has 0 saturated carbocycles. The van der Waals surface area contributed by atoms with Gasteiger partial charge in [-0.25, -0.2) is 17.5 Å². The van der Waals surface area contributed by atoms with E-state index in [1.54, 1.807) is 19.2 Å². The van der Waals surface area contributed by atoms with Crippen molar-refractivity contribution in [2.75, 3.05) is 20.1 Å². The zero-order chi connectivity index (χ0) is 22.7. The molecule has 0 spiro atoms. The van der Waals surface area contributed by atoms with Crippen LogP contribution >= 0.6 is 0 Å². The standard InChI is InChI=1S/C24H29FN4O2S/c1-26-14-20-13-19-7-6-17(8-9-28-32(30,31)22-15-27-29(2)16-22)11-23(19)24(20)12-18-4-3-5-21(25)10-18/h3-7,10-11,15-16,20,24,26,28H,8-9,12-14H2,1-2H3. The van der Waals surface area contributed by atoms with Crippen LogP contribution in [0.2, 0.25) is 0 Å². The number of aryl methyl sites for hydroxylation is 1. The van der Waals surface area contributed by atoms with Gasteiger partial charge in [-0.2, -0.15) is 5.10 Å². The van der Waals surface area contributed by atoms with Crippen LogP contribution in [-0.4, -0.2) is 38.3 Å². The number of hydrogen-bond acceptors (Lipinski definition) is 4. The highest BCUT2D eigenvalue weighted by Gasteiger charge is 2.32. The Hall–Kier alpha value is -2.55. The average molecular weight is 457 g/mol. The number of halogens is 1. The molecule has 0 aliphatic heterocycles. The van der Waals surface area contributed by atoms with Gasteiger partial charge < -0.3 is 5.32 Å². The monoisotopic (exact) mass is 456 g/mol. The van der Waals surface area contributed by atoms with Crippen molar-refractivity contribution in [3.63, 3.8) is 0 Å². The Balaban J connectivity index is 1.48. The molecular formula is C24H29FN4O2S. The average Bonchev–Trinajstić information content (AvgIpc) is 3.33. The lowest BCUT2D eigenvalue weighted by Gasteiger charge is -2.21. The Morgan fingerprint density at radius 1 is 1.19 bits per heavy atom. The summed E-state index contributed by atoms with van der Waals surface area (Å²) in [5.41, 5.74) is 4.71. The number of aromatic nitrogens is 2. The highest BCUT2D eigenvalue weighted by Crippen LogP contribution is 2.40. The number of fused-ring (bicyclic) bond motifs is 1. The molecule has 2 unspecified atom stereocenters. The molecule has 1 heterocycles. The third-order valence-electron chi connectivity index (χ3n) is 6.17. The largest absolute Gasteiger partial charge is 0.319 e. The highest BCUT2D eigenvalue weighted by atomic mass is 32.2. The molecular weight excluding hydrogens is 427 g/mol. The van der Waals surface area contributed by atoms with Crippen molar-refractivity contribution >= 4 is 10.0 Å². The van der Waals surface area contributed by atoms with Crippen LogP contribution in [0.25, 0.3) is 0 Å². The second kappa shape index (κ2) is 9.52. The number of sulfonamides is 1. The van der Waals surface area contributed by atoms with Crippen molar-refractivity contribution in [2.45, 2.75) is 30.1 Å². The van der Waals surface area contributed by atoms with Gasteiger partial charge >= 0.3 is 0 Å². The van der Waals surface area contributed by atoms with Crippen LogP contribution in [0.5, 0.6) is 0 Å². The summed E-state index contributed by atoms with van der Waals surface area (Å²) >= 11 is 0. The first kappa shape index (κ1) is 22.6. The molecule has 2 aromatic carbocycles. The normalized spacial score (nSPS) is 18.1. The third kappa shape index (κ3) is 5.09. The minimum atomic E-state index is -3.57. The van der Waals surface area contributed by atoms with Crippen molar-refractivity contribution in [2.24, 2.45) is 13.0 Å². The molecule has 1 aromatic heterocycles. The highest BCUT2D eigenvalue weighted by molar-refractivity contribution is 7.89. The van der Waals surface area contributed by atoms with Crippen LogP contribution in [0.3, 0.4) is 0 Å².